The minimum absolute atomic E-state index is 0.118. The van der Waals surface area contributed by atoms with E-state index >= 15 is 0 Å². The second kappa shape index (κ2) is 13.1. The third-order valence-electron chi connectivity index (χ3n) is 8.28. The van der Waals surface area contributed by atoms with Gasteiger partial charge in [-0.15, -0.1) is 0 Å². The standard InChI is InChI=1S/C39H32N4O4/c1-46-36-16-8-6-14-33(36)27-17-19-28(20-18-27)39(45)43-26-31-21-22-35(42(31)25-30-10-5-7-15-34(30)43)37(44)41-24-29-11-9-23-40-38(29)47-32-12-3-2-4-13-32/h2-23H,24-26H2,1H3,(H,41,44). The van der Waals surface area contributed by atoms with E-state index in [0.29, 0.717) is 36.0 Å². The van der Waals surface area contributed by atoms with Crippen molar-refractivity contribution in [1.82, 2.24) is 14.9 Å². The van der Waals surface area contributed by atoms with Crippen LogP contribution in [0.25, 0.3) is 11.1 Å². The summed E-state index contributed by atoms with van der Waals surface area (Å²) in [5.41, 5.74) is 6.39. The number of nitrogens with zero attached hydrogens (tertiary/aromatic N) is 3. The largest absolute Gasteiger partial charge is 0.496 e. The number of amides is 2. The number of nitrogens with one attached hydrogen (secondary N) is 1. The molecule has 2 amide bonds. The lowest BCUT2D eigenvalue weighted by atomic mass is 10.0. The predicted octanol–water partition coefficient (Wildman–Crippen LogP) is 7.49. The molecule has 0 aliphatic carbocycles. The van der Waals surface area contributed by atoms with Crippen LogP contribution in [0.2, 0.25) is 0 Å². The average molecular weight is 621 g/mol. The zero-order valence-electron chi connectivity index (χ0n) is 25.8. The van der Waals surface area contributed by atoms with Gasteiger partial charge < -0.3 is 24.3 Å². The van der Waals surface area contributed by atoms with Gasteiger partial charge in [-0.2, -0.15) is 0 Å². The second-order valence-electron chi connectivity index (χ2n) is 11.2. The van der Waals surface area contributed by atoms with E-state index in [9.17, 15) is 9.59 Å². The Kier molecular flexibility index (Phi) is 8.22. The van der Waals surface area contributed by atoms with Crippen molar-refractivity contribution in [2.45, 2.75) is 19.6 Å². The van der Waals surface area contributed by atoms with Crippen molar-refractivity contribution in [2.75, 3.05) is 12.0 Å². The first-order valence-corrected chi connectivity index (χ1v) is 15.4. The molecule has 1 aliphatic rings. The van der Waals surface area contributed by atoms with Crippen LogP contribution in [0.1, 0.15) is 37.7 Å². The van der Waals surface area contributed by atoms with Gasteiger partial charge in [0, 0.05) is 40.8 Å². The normalized spacial score (nSPS) is 12.0. The fraction of sp³-hybridized carbons (Fsp3) is 0.103. The van der Waals surface area contributed by atoms with Crippen molar-refractivity contribution in [2.24, 2.45) is 0 Å². The minimum Gasteiger partial charge on any atom is -0.496 e. The molecule has 0 radical (unpaired) electrons. The molecule has 3 heterocycles. The molecule has 1 aliphatic heterocycles. The van der Waals surface area contributed by atoms with Crippen molar-refractivity contribution in [3.05, 3.63) is 162 Å². The molecule has 2 aromatic heterocycles. The predicted molar refractivity (Wildman–Crippen MR) is 181 cm³/mol. The quantitative estimate of drug-likeness (QED) is 0.191. The molecule has 7 rings (SSSR count). The number of pyridine rings is 1. The van der Waals surface area contributed by atoms with Gasteiger partial charge in [0.05, 0.1) is 20.2 Å². The van der Waals surface area contributed by atoms with Crippen LogP contribution >= 0.6 is 0 Å². The summed E-state index contributed by atoms with van der Waals surface area (Å²) in [6.07, 6.45) is 1.66. The summed E-state index contributed by atoms with van der Waals surface area (Å²) in [6, 6.07) is 40.1. The molecule has 0 fully saturated rings. The molecule has 47 heavy (non-hydrogen) atoms. The molecule has 0 atom stereocenters. The molecule has 1 N–H and O–H groups in total. The van der Waals surface area contributed by atoms with Crippen LogP contribution in [-0.4, -0.2) is 28.5 Å². The van der Waals surface area contributed by atoms with E-state index in [1.54, 1.807) is 18.2 Å². The van der Waals surface area contributed by atoms with Gasteiger partial charge in [0.25, 0.3) is 11.8 Å². The van der Waals surface area contributed by atoms with Crippen LogP contribution < -0.4 is 19.7 Å². The number of para-hydroxylation sites is 3. The SMILES string of the molecule is COc1ccccc1-c1ccc(C(=O)N2Cc3ccc(C(=O)NCc4cccnc4Oc4ccccc4)n3Cc3ccccc32)cc1. The first-order chi connectivity index (χ1) is 23.1. The third-order valence-corrected chi connectivity index (χ3v) is 8.28. The molecular formula is C39H32N4O4. The summed E-state index contributed by atoms with van der Waals surface area (Å²) >= 11 is 0. The molecule has 232 valence electrons. The number of methoxy groups -OCH3 is 1. The highest BCUT2D eigenvalue weighted by Gasteiger charge is 2.27. The number of anilines is 1. The average Bonchev–Trinajstić information content (AvgIpc) is 3.44. The fourth-order valence-electron chi connectivity index (χ4n) is 5.89. The van der Waals surface area contributed by atoms with E-state index in [0.717, 1.165) is 39.4 Å². The molecular weight excluding hydrogens is 588 g/mol. The van der Waals surface area contributed by atoms with Gasteiger partial charge in [0.15, 0.2) is 0 Å². The van der Waals surface area contributed by atoms with Crippen LogP contribution in [0.3, 0.4) is 0 Å². The van der Waals surface area contributed by atoms with E-state index in [-0.39, 0.29) is 18.4 Å². The lowest BCUT2D eigenvalue weighted by Crippen LogP contribution is -2.30. The Morgan fingerprint density at radius 3 is 2.38 bits per heavy atom. The number of rotatable bonds is 8. The van der Waals surface area contributed by atoms with Gasteiger partial charge in [0.2, 0.25) is 5.88 Å². The zero-order chi connectivity index (χ0) is 32.2. The van der Waals surface area contributed by atoms with E-state index in [1.807, 2.05) is 132 Å². The maximum absolute atomic E-state index is 14.1. The van der Waals surface area contributed by atoms with Gasteiger partial charge in [0.1, 0.15) is 17.2 Å². The summed E-state index contributed by atoms with van der Waals surface area (Å²) in [6.45, 7) is 1.00. The maximum atomic E-state index is 14.1. The van der Waals surface area contributed by atoms with Gasteiger partial charge in [-0.1, -0.05) is 72.8 Å². The summed E-state index contributed by atoms with van der Waals surface area (Å²) in [7, 11) is 1.65. The number of ether oxygens (including phenoxy) is 2. The molecule has 0 saturated carbocycles. The first-order valence-electron chi connectivity index (χ1n) is 15.4. The molecule has 0 spiro atoms. The molecule has 0 saturated heterocycles. The Bertz CT molecular complexity index is 2050. The number of carbonyl (C=O) groups excluding carboxylic acids is 2. The molecule has 8 heteroatoms. The molecule has 0 bridgehead atoms. The van der Waals surface area contributed by atoms with Crippen LogP contribution in [0.15, 0.2) is 134 Å². The topological polar surface area (TPSA) is 85.7 Å². The number of fused-ring (bicyclic) bond motifs is 2. The van der Waals surface area contributed by atoms with E-state index in [1.165, 1.54) is 0 Å². The van der Waals surface area contributed by atoms with Gasteiger partial charge in [-0.25, -0.2) is 4.98 Å². The monoisotopic (exact) mass is 620 g/mol. The van der Waals surface area contributed by atoms with E-state index in [2.05, 4.69) is 10.3 Å². The summed E-state index contributed by atoms with van der Waals surface area (Å²) in [5, 5.41) is 3.04. The van der Waals surface area contributed by atoms with E-state index < -0.39 is 0 Å². The van der Waals surface area contributed by atoms with Gasteiger partial charge in [-0.05, 0) is 65.7 Å². The smallest absolute Gasteiger partial charge is 0.268 e. The van der Waals surface area contributed by atoms with Crippen molar-refractivity contribution in [1.29, 1.82) is 0 Å². The zero-order valence-corrected chi connectivity index (χ0v) is 25.8. The Morgan fingerprint density at radius 1 is 0.787 bits per heavy atom. The third kappa shape index (κ3) is 6.09. The van der Waals surface area contributed by atoms with Crippen molar-refractivity contribution in [3.63, 3.8) is 0 Å². The highest BCUT2D eigenvalue weighted by Crippen LogP contribution is 2.33. The summed E-state index contributed by atoms with van der Waals surface area (Å²) in [5.74, 6) is 1.53. The Labute approximate surface area is 272 Å². The maximum Gasteiger partial charge on any atom is 0.268 e. The first kappa shape index (κ1) is 29.6. The summed E-state index contributed by atoms with van der Waals surface area (Å²) < 4.78 is 13.5. The molecule has 0 unspecified atom stereocenters. The number of carbonyl (C=O) groups is 2. The van der Waals surface area contributed by atoms with Gasteiger partial charge in [-0.3, -0.25) is 9.59 Å². The number of aromatic nitrogens is 2. The molecule has 4 aromatic carbocycles. The van der Waals surface area contributed by atoms with Crippen molar-refractivity contribution >= 4 is 17.5 Å². The second-order valence-corrected chi connectivity index (χ2v) is 11.2. The molecule has 6 aromatic rings. The Hall–Kier alpha value is -6.15. The van der Waals surface area contributed by atoms with Crippen LogP contribution in [-0.2, 0) is 19.6 Å². The van der Waals surface area contributed by atoms with Gasteiger partial charge >= 0.3 is 0 Å². The number of hydrogen-bond donors (Lipinski definition) is 1. The molecule has 8 nitrogen and oxygen atoms in total. The fourth-order valence-corrected chi connectivity index (χ4v) is 5.89. The van der Waals surface area contributed by atoms with E-state index in [4.69, 9.17) is 9.47 Å². The van der Waals surface area contributed by atoms with Crippen LogP contribution in [0.4, 0.5) is 5.69 Å². The lowest BCUT2D eigenvalue weighted by molar-refractivity contribution is 0.0941. The van der Waals surface area contributed by atoms with Crippen molar-refractivity contribution < 1.29 is 19.1 Å². The Morgan fingerprint density at radius 2 is 1.55 bits per heavy atom. The summed E-state index contributed by atoms with van der Waals surface area (Å²) in [4.78, 5) is 33.8. The van der Waals surface area contributed by atoms with Crippen molar-refractivity contribution in [3.8, 4) is 28.5 Å². The highest BCUT2D eigenvalue weighted by atomic mass is 16.5. The van der Waals surface area contributed by atoms with Crippen LogP contribution in [0, 0.1) is 0 Å². The minimum atomic E-state index is -0.227. The number of hydrogen-bond acceptors (Lipinski definition) is 5. The van der Waals surface area contributed by atoms with Crippen LogP contribution in [0.5, 0.6) is 17.4 Å². The highest BCUT2D eigenvalue weighted by molar-refractivity contribution is 6.07. The number of benzene rings is 4. The Balaban J connectivity index is 1.12. The lowest BCUT2D eigenvalue weighted by Gasteiger charge is -2.23.